The second kappa shape index (κ2) is 8.66. The number of nitrogens with zero attached hydrogens (tertiary/aromatic N) is 3. The number of hydrogen-bond donors (Lipinski definition) is 2. The maximum Gasteiger partial charge on any atom is 0.269 e. The van der Waals surface area contributed by atoms with E-state index in [1.54, 1.807) is 25.1 Å². The number of hydrogen-bond acceptors (Lipinski definition) is 5. The van der Waals surface area contributed by atoms with Gasteiger partial charge in [0.25, 0.3) is 11.5 Å². The van der Waals surface area contributed by atoms with Gasteiger partial charge in [0.1, 0.15) is 5.69 Å². The molecule has 0 radical (unpaired) electrons. The minimum atomic E-state index is -0.688. The molecule has 7 nitrogen and oxygen atoms in total. The van der Waals surface area contributed by atoms with E-state index in [9.17, 15) is 14.0 Å². The number of H-pyrrole nitrogens is 1. The Morgan fingerprint density at radius 1 is 1.16 bits per heavy atom. The third-order valence-electron chi connectivity index (χ3n) is 6.11. The Kier molecular flexibility index (Phi) is 5.92. The van der Waals surface area contributed by atoms with Crippen LogP contribution < -0.4 is 15.8 Å². The highest BCUT2D eigenvalue weighted by Gasteiger charge is 2.26. The van der Waals surface area contributed by atoms with E-state index < -0.39 is 17.7 Å². The number of aryl methyl sites for hydroxylation is 1. The van der Waals surface area contributed by atoms with Gasteiger partial charge >= 0.3 is 0 Å². The molecule has 1 unspecified atom stereocenters. The van der Waals surface area contributed by atoms with E-state index in [1.807, 2.05) is 17.9 Å². The first-order chi connectivity index (χ1) is 15.3. The van der Waals surface area contributed by atoms with Gasteiger partial charge in [0.15, 0.2) is 5.82 Å². The van der Waals surface area contributed by atoms with Crippen LogP contribution in [-0.2, 0) is 0 Å². The summed E-state index contributed by atoms with van der Waals surface area (Å²) in [5, 5.41) is 3.08. The fourth-order valence-electron chi connectivity index (χ4n) is 4.15. The normalized spacial score (nSPS) is 15.7. The van der Waals surface area contributed by atoms with Crippen LogP contribution in [0.4, 0.5) is 14.5 Å². The van der Waals surface area contributed by atoms with Crippen molar-refractivity contribution in [3.8, 4) is 0 Å². The van der Waals surface area contributed by atoms with Gasteiger partial charge in [0.2, 0.25) is 5.95 Å². The van der Waals surface area contributed by atoms with Gasteiger partial charge in [-0.05, 0) is 32.0 Å². The van der Waals surface area contributed by atoms with Gasteiger partial charge in [0.05, 0.1) is 11.2 Å². The summed E-state index contributed by atoms with van der Waals surface area (Å²) >= 11 is 0. The highest BCUT2D eigenvalue weighted by atomic mass is 19.1. The Balaban J connectivity index is 1.50. The first-order valence-electron chi connectivity index (χ1n) is 10.5. The number of aromatic amines is 1. The van der Waals surface area contributed by atoms with E-state index in [2.05, 4.69) is 20.2 Å². The maximum absolute atomic E-state index is 15.2. The number of halogens is 2. The quantitative estimate of drug-likeness (QED) is 0.609. The number of piperazine rings is 1. The molecule has 0 aliphatic carbocycles. The summed E-state index contributed by atoms with van der Waals surface area (Å²) < 4.78 is 29.7. The molecule has 0 saturated carbocycles. The lowest BCUT2D eigenvalue weighted by Gasteiger charge is -2.39. The number of aromatic nitrogens is 2. The summed E-state index contributed by atoms with van der Waals surface area (Å²) in [5.41, 5.74) is 1.34. The second-order valence-corrected chi connectivity index (χ2v) is 8.00. The lowest BCUT2D eigenvalue weighted by Crippen LogP contribution is -2.47. The zero-order chi connectivity index (χ0) is 23.0. The molecule has 32 heavy (non-hydrogen) atoms. The van der Waals surface area contributed by atoms with Crippen molar-refractivity contribution in [2.75, 3.05) is 38.1 Å². The van der Waals surface area contributed by atoms with E-state index >= 15 is 4.39 Å². The molecule has 1 atom stereocenters. The molecule has 3 aromatic rings. The number of benzene rings is 1. The van der Waals surface area contributed by atoms with Crippen LogP contribution in [-0.4, -0.2) is 54.0 Å². The lowest BCUT2D eigenvalue weighted by atomic mass is 10.0. The zero-order valence-electron chi connectivity index (χ0n) is 18.2. The Bertz CT molecular complexity index is 1240. The summed E-state index contributed by atoms with van der Waals surface area (Å²) in [4.78, 5) is 34.0. The van der Waals surface area contributed by atoms with Crippen molar-refractivity contribution in [2.24, 2.45) is 0 Å². The molecule has 1 aromatic carbocycles. The van der Waals surface area contributed by atoms with Crippen molar-refractivity contribution in [2.45, 2.75) is 19.9 Å². The topological polar surface area (TPSA) is 81.3 Å². The molecule has 1 saturated heterocycles. The first kappa shape index (κ1) is 21.9. The Labute approximate surface area is 184 Å². The third kappa shape index (κ3) is 3.95. The number of amides is 1. The van der Waals surface area contributed by atoms with Crippen molar-refractivity contribution < 1.29 is 13.6 Å². The zero-order valence-corrected chi connectivity index (χ0v) is 18.2. The van der Waals surface area contributed by atoms with E-state index in [0.717, 1.165) is 0 Å². The van der Waals surface area contributed by atoms with Crippen LogP contribution in [0.1, 0.15) is 34.6 Å². The molecule has 1 aliphatic heterocycles. The maximum atomic E-state index is 15.2. The molecular weight excluding hydrogens is 416 g/mol. The summed E-state index contributed by atoms with van der Waals surface area (Å²) in [6.45, 7) is 5.88. The van der Waals surface area contributed by atoms with Crippen LogP contribution in [0.15, 0.2) is 35.1 Å². The van der Waals surface area contributed by atoms with Gasteiger partial charge in [0, 0.05) is 55.8 Å². The number of pyridine rings is 2. The van der Waals surface area contributed by atoms with Crippen LogP contribution in [0, 0.1) is 18.7 Å². The van der Waals surface area contributed by atoms with Gasteiger partial charge in [-0.1, -0.05) is 12.1 Å². The predicted octanol–water partition coefficient (Wildman–Crippen LogP) is 2.75. The highest BCUT2D eigenvalue weighted by molar-refractivity contribution is 5.92. The van der Waals surface area contributed by atoms with E-state index in [1.165, 1.54) is 13.1 Å². The molecule has 1 fully saturated rings. The summed E-state index contributed by atoms with van der Waals surface area (Å²) in [6, 6.07) is 8.10. The van der Waals surface area contributed by atoms with Crippen LogP contribution in [0.3, 0.4) is 0 Å². The average Bonchev–Trinajstić information content (AvgIpc) is 2.80. The molecule has 4 rings (SSSR count). The van der Waals surface area contributed by atoms with E-state index in [4.69, 9.17) is 0 Å². The van der Waals surface area contributed by atoms with Gasteiger partial charge < -0.3 is 15.2 Å². The standard InChI is InChI=1S/C23H25F2N5O2/c1-13-12-15-4-5-16(19(24)20(15)28-22(13)31)14(2)29-8-10-30(11-9-29)18-7-6-17(23(32)26-3)27-21(18)25/h4-7,12,14H,8-11H2,1-3H3,(H,26,32)(H,28,31). The van der Waals surface area contributed by atoms with Gasteiger partial charge in [-0.2, -0.15) is 4.39 Å². The van der Waals surface area contributed by atoms with Crippen molar-refractivity contribution in [3.05, 3.63) is 69.3 Å². The number of rotatable bonds is 4. The van der Waals surface area contributed by atoms with Crippen LogP contribution in [0.25, 0.3) is 10.9 Å². The molecule has 0 bridgehead atoms. The SMILES string of the molecule is CNC(=O)c1ccc(N2CCN(C(C)c3ccc4cc(C)c(=O)[nH]c4c3F)CC2)c(F)n1. The minimum absolute atomic E-state index is 0.0287. The molecule has 2 N–H and O–H groups in total. The van der Waals surface area contributed by atoms with Gasteiger partial charge in [-0.3, -0.25) is 14.5 Å². The summed E-state index contributed by atoms with van der Waals surface area (Å²) in [5.74, 6) is -1.55. The molecule has 1 aliphatic rings. The Morgan fingerprint density at radius 3 is 2.53 bits per heavy atom. The fourth-order valence-corrected chi connectivity index (χ4v) is 4.15. The molecular formula is C23H25F2N5O2. The summed E-state index contributed by atoms with van der Waals surface area (Å²) in [7, 11) is 1.47. The number of nitrogens with one attached hydrogen (secondary N) is 2. The minimum Gasteiger partial charge on any atom is -0.365 e. The average molecular weight is 441 g/mol. The first-order valence-corrected chi connectivity index (χ1v) is 10.5. The number of fused-ring (bicyclic) bond motifs is 1. The number of anilines is 1. The highest BCUT2D eigenvalue weighted by Crippen LogP contribution is 2.29. The Hall–Kier alpha value is -3.33. The summed E-state index contributed by atoms with van der Waals surface area (Å²) in [6.07, 6.45) is 0. The smallest absolute Gasteiger partial charge is 0.269 e. The van der Waals surface area contributed by atoms with Crippen LogP contribution in [0.2, 0.25) is 0 Å². The van der Waals surface area contributed by atoms with Crippen molar-refractivity contribution in [1.82, 2.24) is 20.2 Å². The van der Waals surface area contributed by atoms with Gasteiger partial charge in [-0.25, -0.2) is 9.37 Å². The second-order valence-electron chi connectivity index (χ2n) is 8.00. The molecule has 9 heteroatoms. The number of carbonyl (C=O) groups excluding carboxylic acids is 1. The Morgan fingerprint density at radius 2 is 1.88 bits per heavy atom. The predicted molar refractivity (Wildman–Crippen MR) is 119 cm³/mol. The van der Waals surface area contributed by atoms with Crippen molar-refractivity contribution >= 4 is 22.5 Å². The molecule has 0 spiro atoms. The van der Waals surface area contributed by atoms with Gasteiger partial charge in [-0.15, -0.1) is 0 Å². The molecule has 3 heterocycles. The van der Waals surface area contributed by atoms with Crippen molar-refractivity contribution in [3.63, 3.8) is 0 Å². The third-order valence-corrected chi connectivity index (χ3v) is 6.11. The molecule has 1 amide bonds. The number of carbonyl (C=O) groups is 1. The van der Waals surface area contributed by atoms with E-state index in [0.29, 0.717) is 48.4 Å². The van der Waals surface area contributed by atoms with Crippen molar-refractivity contribution in [1.29, 1.82) is 0 Å². The monoisotopic (exact) mass is 441 g/mol. The van der Waals surface area contributed by atoms with Crippen LogP contribution in [0.5, 0.6) is 0 Å². The largest absolute Gasteiger partial charge is 0.365 e. The molecule has 168 valence electrons. The lowest BCUT2D eigenvalue weighted by molar-refractivity contribution is 0.0957. The van der Waals surface area contributed by atoms with Crippen LogP contribution >= 0.6 is 0 Å². The van der Waals surface area contributed by atoms with E-state index in [-0.39, 0.29) is 22.8 Å². The molecule has 2 aromatic heterocycles. The fraction of sp³-hybridized carbons (Fsp3) is 0.348.